The van der Waals surface area contributed by atoms with Crippen molar-refractivity contribution in [1.82, 2.24) is 26.6 Å². The zero-order chi connectivity index (χ0) is 48.0. The van der Waals surface area contributed by atoms with Crippen molar-refractivity contribution in [1.29, 1.82) is 0 Å². The molecule has 0 spiro atoms. The molecule has 1 unspecified atom stereocenters. The Labute approximate surface area is 386 Å². The largest absolute Gasteiger partial charge is 0.481 e. The Morgan fingerprint density at radius 3 is 1.22 bits per heavy atom. The highest BCUT2D eigenvalue weighted by Crippen LogP contribution is 2.14. The summed E-state index contributed by atoms with van der Waals surface area (Å²) in [4.78, 5) is 92.9. The highest BCUT2D eigenvalue weighted by molar-refractivity contribution is 5.85. The van der Waals surface area contributed by atoms with Crippen LogP contribution in [0.5, 0.6) is 0 Å². The molecule has 0 saturated heterocycles. The molecule has 0 rings (SSSR count). The number of Topliss-reactive ketones (excluding diaryl/α,β-unsaturated/α-hetero) is 1. The fraction of sp³-hybridized carbons (Fsp3) is 0.826. The van der Waals surface area contributed by atoms with Gasteiger partial charge >= 0.3 is 11.9 Å². The summed E-state index contributed by atoms with van der Waals surface area (Å²) in [5.74, 6) is -3.41. The van der Waals surface area contributed by atoms with Crippen LogP contribution in [0.15, 0.2) is 0 Å². The third kappa shape index (κ3) is 46.1. The van der Waals surface area contributed by atoms with Crippen LogP contribution >= 0.6 is 0 Å². The summed E-state index contributed by atoms with van der Waals surface area (Å²) in [6.07, 6.45) is 21.1. The van der Waals surface area contributed by atoms with E-state index < -0.39 is 30.5 Å². The number of carboxylic acid groups (broad SMARTS) is 2. The minimum Gasteiger partial charge on any atom is -0.481 e. The van der Waals surface area contributed by atoms with Gasteiger partial charge in [0.25, 0.3) is 0 Å². The van der Waals surface area contributed by atoms with Gasteiger partial charge in [-0.2, -0.15) is 0 Å². The van der Waals surface area contributed by atoms with E-state index in [4.69, 9.17) is 24.1 Å². The van der Waals surface area contributed by atoms with E-state index in [9.17, 15) is 43.5 Å². The average Bonchev–Trinajstić information content (AvgIpc) is 3.26. The summed E-state index contributed by atoms with van der Waals surface area (Å²) in [5, 5.41) is 31.2. The van der Waals surface area contributed by atoms with E-state index in [-0.39, 0.29) is 88.4 Å². The molecule has 7 N–H and O–H groups in total. The van der Waals surface area contributed by atoms with Crippen molar-refractivity contribution in [2.45, 2.75) is 167 Å². The molecule has 0 fully saturated rings. The monoisotopic (exact) mass is 930 g/mol. The Balaban J connectivity index is 3.53. The highest BCUT2D eigenvalue weighted by atomic mass is 16.5. The van der Waals surface area contributed by atoms with Crippen LogP contribution in [-0.4, -0.2) is 143 Å². The van der Waals surface area contributed by atoms with Crippen LogP contribution in [0.2, 0.25) is 0 Å². The predicted octanol–water partition coefficient (Wildman–Crippen LogP) is 4.12. The van der Waals surface area contributed by atoms with E-state index in [1.165, 1.54) is 71.1 Å². The van der Waals surface area contributed by atoms with Gasteiger partial charge in [0.2, 0.25) is 29.5 Å². The molecule has 0 bridgehead atoms. The number of carbonyl (C=O) groups is 8. The maximum Gasteiger partial charge on any atom is 0.326 e. The van der Waals surface area contributed by atoms with Gasteiger partial charge < -0.3 is 60.5 Å². The van der Waals surface area contributed by atoms with Crippen molar-refractivity contribution in [3.05, 3.63) is 0 Å². The van der Waals surface area contributed by atoms with Crippen LogP contribution in [-0.2, 0) is 57.3 Å². The molecular weight excluding hydrogens is 847 g/mol. The Bertz CT molecular complexity index is 1300. The van der Waals surface area contributed by atoms with Crippen molar-refractivity contribution in [3.63, 3.8) is 0 Å². The molecule has 0 heterocycles. The van der Waals surface area contributed by atoms with Gasteiger partial charge in [-0.15, -0.1) is 0 Å². The number of aliphatic carboxylic acids is 2. The molecule has 0 aromatic carbocycles. The fourth-order valence-corrected chi connectivity index (χ4v) is 6.46. The number of hydrogen-bond donors (Lipinski definition) is 7. The minimum atomic E-state index is -1.28. The lowest BCUT2D eigenvalue weighted by molar-refractivity contribution is -0.143. The molecule has 19 nitrogen and oxygen atoms in total. The van der Waals surface area contributed by atoms with Crippen LogP contribution in [0.3, 0.4) is 0 Å². The van der Waals surface area contributed by atoms with Gasteiger partial charge in [-0.05, 0) is 39.0 Å². The second-order valence-corrected chi connectivity index (χ2v) is 16.2. The van der Waals surface area contributed by atoms with Crippen LogP contribution in [0.25, 0.3) is 0 Å². The summed E-state index contributed by atoms with van der Waals surface area (Å²) in [5.41, 5.74) is 0. The maximum atomic E-state index is 12.1. The van der Waals surface area contributed by atoms with Crippen molar-refractivity contribution < 1.29 is 67.5 Å². The lowest BCUT2D eigenvalue weighted by Gasteiger charge is -2.14. The molecule has 0 saturated carbocycles. The summed E-state index contributed by atoms with van der Waals surface area (Å²) in [6.45, 7) is 3.35. The number of carbonyl (C=O) groups excluding carboxylic acids is 6. The zero-order valence-electron chi connectivity index (χ0n) is 39.3. The first kappa shape index (κ1) is 60.8. The Morgan fingerprint density at radius 2 is 0.754 bits per heavy atom. The third-order valence-electron chi connectivity index (χ3n) is 10.1. The number of unbranched alkanes of at least 4 members (excludes halogenated alkanes) is 15. The minimum absolute atomic E-state index is 0.0162. The van der Waals surface area contributed by atoms with Crippen molar-refractivity contribution in [3.8, 4) is 0 Å². The number of ketones is 1. The first-order chi connectivity index (χ1) is 31.4. The standard InChI is InChI=1S/C46H83N5O14/c1-38(52)20-18-26-48-42(55)25-24-39(46(60)61)51-44(57)37-65-35-33-63-31-29-50-43(56)36-64-34-32-62-30-28-49-41(54)22-19-27-47-40(53)21-16-14-12-10-8-6-4-2-3-5-7-9-11-13-15-17-23-45(58)59/h39H,2-37H2,1H3,(H,47,53)(H,48,55)(H,49,54)(H,50,56)(H,51,57)(H,58,59)(H,60,61). The topological polar surface area (TPSA) is 274 Å². The molecule has 0 aromatic heterocycles. The summed E-state index contributed by atoms with van der Waals surface area (Å²) >= 11 is 0. The van der Waals surface area contributed by atoms with E-state index in [0.717, 1.165) is 38.5 Å². The number of ether oxygens (including phenoxy) is 4. The fourth-order valence-electron chi connectivity index (χ4n) is 6.46. The van der Waals surface area contributed by atoms with Crippen molar-refractivity contribution >= 4 is 47.3 Å². The zero-order valence-corrected chi connectivity index (χ0v) is 39.3. The van der Waals surface area contributed by atoms with Gasteiger partial charge in [0.15, 0.2) is 0 Å². The van der Waals surface area contributed by atoms with Crippen molar-refractivity contribution in [2.24, 2.45) is 0 Å². The second kappa shape index (κ2) is 45.0. The maximum absolute atomic E-state index is 12.1. The number of carboxylic acids is 2. The number of nitrogens with one attached hydrogen (secondary N) is 5. The van der Waals surface area contributed by atoms with E-state index in [1.54, 1.807) is 0 Å². The molecule has 0 aromatic rings. The molecular formula is C46H83N5O14. The first-order valence-corrected chi connectivity index (χ1v) is 24.0. The summed E-state index contributed by atoms with van der Waals surface area (Å²) < 4.78 is 21.2. The number of rotatable bonds is 48. The average molecular weight is 930 g/mol. The Hall–Kier alpha value is -4.20. The summed E-state index contributed by atoms with van der Waals surface area (Å²) in [6, 6.07) is -1.26. The van der Waals surface area contributed by atoms with Crippen LogP contribution in [0, 0.1) is 0 Å². The summed E-state index contributed by atoms with van der Waals surface area (Å²) in [7, 11) is 0. The first-order valence-electron chi connectivity index (χ1n) is 24.0. The van der Waals surface area contributed by atoms with Gasteiger partial charge in [0.1, 0.15) is 25.0 Å². The molecule has 65 heavy (non-hydrogen) atoms. The second-order valence-electron chi connectivity index (χ2n) is 16.2. The molecule has 0 radical (unpaired) electrons. The van der Waals surface area contributed by atoms with E-state index in [2.05, 4.69) is 26.6 Å². The Kier molecular flexibility index (Phi) is 42.1. The molecule has 0 aliphatic rings. The lowest BCUT2D eigenvalue weighted by atomic mass is 10.0. The van der Waals surface area contributed by atoms with Crippen LogP contribution in [0.1, 0.15) is 161 Å². The van der Waals surface area contributed by atoms with Gasteiger partial charge in [0.05, 0.1) is 39.6 Å². The molecule has 1 atom stereocenters. The van der Waals surface area contributed by atoms with Crippen LogP contribution in [0.4, 0.5) is 0 Å². The third-order valence-corrected chi connectivity index (χ3v) is 10.1. The predicted molar refractivity (Wildman–Crippen MR) is 244 cm³/mol. The molecule has 0 aliphatic heterocycles. The van der Waals surface area contributed by atoms with E-state index in [1.807, 2.05) is 0 Å². The van der Waals surface area contributed by atoms with Gasteiger partial charge in [-0.1, -0.05) is 89.9 Å². The normalized spacial score (nSPS) is 11.4. The van der Waals surface area contributed by atoms with Crippen molar-refractivity contribution in [2.75, 3.05) is 79.0 Å². The van der Waals surface area contributed by atoms with Gasteiger partial charge in [-0.25, -0.2) is 4.79 Å². The lowest BCUT2D eigenvalue weighted by Crippen LogP contribution is -2.43. The van der Waals surface area contributed by atoms with Gasteiger partial charge in [-0.3, -0.25) is 28.8 Å². The molecule has 5 amide bonds. The quantitative estimate of drug-likeness (QED) is 0.0423. The number of amides is 5. The van der Waals surface area contributed by atoms with E-state index >= 15 is 0 Å². The number of hydrogen-bond acceptors (Lipinski definition) is 12. The highest BCUT2D eigenvalue weighted by Gasteiger charge is 2.21. The smallest absolute Gasteiger partial charge is 0.326 e. The SMILES string of the molecule is CC(=O)CCCNC(=O)CCC(NC(=O)COCCOCCNC(=O)COCCOCCNC(=O)CCCNC(=O)CCCCCCCCCCCCCCCCCCC(=O)O)C(=O)O. The van der Waals surface area contributed by atoms with Gasteiger partial charge in [0, 0.05) is 58.3 Å². The Morgan fingerprint density at radius 1 is 0.385 bits per heavy atom. The molecule has 376 valence electrons. The van der Waals surface area contributed by atoms with E-state index in [0.29, 0.717) is 64.8 Å². The molecule has 0 aliphatic carbocycles. The molecule has 19 heteroatoms. The van der Waals surface area contributed by atoms with Crippen LogP contribution < -0.4 is 26.6 Å².